The molecule has 0 spiro atoms. The molecule has 2 aliphatic rings. The molecule has 0 radical (unpaired) electrons. The van der Waals surface area contributed by atoms with Gasteiger partial charge in [0.2, 0.25) is 0 Å². The molecule has 1 aliphatic heterocycles. The highest BCUT2D eigenvalue weighted by Gasteiger charge is 2.28. The second kappa shape index (κ2) is 2.70. The van der Waals surface area contributed by atoms with Gasteiger partial charge >= 0.3 is 0 Å². The fourth-order valence-corrected chi connectivity index (χ4v) is 2.34. The molecule has 3 nitrogen and oxygen atoms in total. The Balaban J connectivity index is 1.95. The first-order valence-corrected chi connectivity index (χ1v) is 4.84. The number of fused-ring (bicyclic) bond motifs is 2. The normalized spacial score (nSPS) is 31.1. The molecule has 3 rings (SSSR count). The van der Waals surface area contributed by atoms with Crippen molar-refractivity contribution in [2.45, 2.75) is 18.9 Å². The van der Waals surface area contributed by atoms with Crippen molar-refractivity contribution in [2.75, 3.05) is 6.54 Å². The van der Waals surface area contributed by atoms with Gasteiger partial charge in [0.05, 0.1) is 6.20 Å². The Hall–Kier alpha value is -1.09. The zero-order chi connectivity index (χ0) is 8.67. The van der Waals surface area contributed by atoms with E-state index in [4.69, 9.17) is 0 Å². The lowest BCUT2D eigenvalue weighted by Gasteiger charge is -2.32. The molecule has 0 fully saturated rings. The molecule has 0 unspecified atom stereocenters. The van der Waals surface area contributed by atoms with Crippen molar-refractivity contribution in [1.29, 1.82) is 0 Å². The van der Waals surface area contributed by atoms with Gasteiger partial charge in [0.25, 0.3) is 0 Å². The smallest absolute Gasteiger partial charge is 0.0522 e. The van der Waals surface area contributed by atoms with Crippen molar-refractivity contribution in [2.24, 2.45) is 5.92 Å². The summed E-state index contributed by atoms with van der Waals surface area (Å²) in [7, 11) is 0. The Labute approximate surface area is 77.2 Å². The number of rotatable bonds is 0. The second-order valence-electron chi connectivity index (χ2n) is 3.89. The topological polar surface area (TPSA) is 40.7 Å². The summed E-state index contributed by atoms with van der Waals surface area (Å²) in [6, 6.07) is 0.634. The predicted octanol–water partition coefficient (Wildman–Crippen LogP) is 0.652. The summed E-state index contributed by atoms with van der Waals surface area (Å²) < 4.78 is 0. The standard InChI is InChI=1S/C10H13N3/c1-2-7-4-10-8(6-12-13-10)5-9(7)11-3-1/h1-2,6-7,9,11H,3-5H2,(H,12,13)/t7-,9-/m0/s1. The SMILES string of the molecule is C1=C[C@H]2Cc3[nH]ncc3C[C@@H]2NC1. The van der Waals surface area contributed by atoms with Gasteiger partial charge in [-0.1, -0.05) is 12.2 Å². The Morgan fingerprint density at radius 3 is 3.38 bits per heavy atom. The average Bonchev–Trinajstić information content (AvgIpc) is 2.61. The first-order valence-electron chi connectivity index (χ1n) is 4.84. The summed E-state index contributed by atoms with van der Waals surface area (Å²) in [6.07, 6.45) is 8.77. The van der Waals surface area contributed by atoms with Crippen LogP contribution in [0.5, 0.6) is 0 Å². The van der Waals surface area contributed by atoms with E-state index in [0.717, 1.165) is 19.4 Å². The van der Waals surface area contributed by atoms with Gasteiger partial charge in [-0.25, -0.2) is 0 Å². The Bertz CT molecular complexity index is 340. The monoisotopic (exact) mass is 175 g/mol. The predicted molar refractivity (Wildman–Crippen MR) is 50.4 cm³/mol. The lowest BCUT2D eigenvalue weighted by Crippen LogP contribution is -2.43. The van der Waals surface area contributed by atoms with Crippen LogP contribution in [0.2, 0.25) is 0 Å². The van der Waals surface area contributed by atoms with Crippen LogP contribution in [0.3, 0.4) is 0 Å². The van der Waals surface area contributed by atoms with Crippen molar-refractivity contribution in [1.82, 2.24) is 15.5 Å². The maximum Gasteiger partial charge on any atom is 0.0522 e. The molecule has 0 aromatic carbocycles. The number of nitrogens with zero attached hydrogens (tertiary/aromatic N) is 1. The van der Waals surface area contributed by atoms with Crippen LogP contribution in [0.25, 0.3) is 0 Å². The van der Waals surface area contributed by atoms with Gasteiger partial charge in [0.15, 0.2) is 0 Å². The third kappa shape index (κ3) is 1.11. The fraction of sp³-hybridized carbons (Fsp3) is 0.500. The third-order valence-corrected chi connectivity index (χ3v) is 3.09. The van der Waals surface area contributed by atoms with E-state index in [2.05, 4.69) is 27.7 Å². The number of hydrogen-bond acceptors (Lipinski definition) is 2. The van der Waals surface area contributed by atoms with E-state index in [1.165, 1.54) is 11.3 Å². The van der Waals surface area contributed by atoms with Gasteiger partial charge < -0.3 is 5.32 Å². The van der Waals surface area contributed by atoms with Gasteiger partial charge in [-0.15, -0.1) is 0 Å². The summed E-state index contributed by atoms with van der Waals surface area (Å²) in [5, 5.41) is 10.7. The van der Waals surface area contributed by atoms with Crippen LogP contribution >= 0.6 is 0 Å². The minimum absolute atomic E-state index is 0.634. The summed E-state index contributed by atoms with van der Waals surface area (Å²) in [5.41, 5.74) is 2.72. The van der Waals surface area contributed by atoms with Gasteiger partial charge in [-0.2, -0.15) is 5.10 Å². The molecule has 2 atom stereocenters. The Morgan fingerprint density at radius 1 is 1.38 bits per heavy atom. The van der Waals surface area contributed by atoms with Crippen molar-refractivity contribution in [3.63, 3.8) is 0 Å². The zero-order valence-corrected chi connectivity index (χ0v) is 7.46. The Kier molecular flexibility index (Phi) is 1.52. The van der Waals surface area contributed by atoms with Crippen LogP contribution in [-0.4, -0.2) is 22.8 Å². The highest BCUT2D eigenvalue weighted by atomic mass is 15.1. The van der Waals surface area contributed by atoms with Crippen molar-refractivity contribution >= 4 is 0 Å². The molecule has 1 aliphatic carbocycles. The van der Waals surface area contributed by atoms with E-state index in [0.29, 0.717) is 12.0 Å². The summed E-state index contributed by atoms with van der Waals surface area (Å²) in [4.78, 5) is 0. The van der Waals surface area contributed by atoms with Gasteiger partial charge in [0, 0.05) is 18.3 Å². The molecule has 68 valence electrons. The minimum Gasteiger partial charge on any atom is -0.310 e. The van der Waals surface area contributed by atoms with Crippen LogP contribution in [0, 0.1) is 5.92 Å². The van der Waals surface area contributed by atoms with E-state index >= 15 is 0 Å². The summed E-state index contributed by atoms with van der Waals surface area (Å²) in [6.45, 7) is 1.02. The second-order valence-corrected chi connectivity index (χ2v) is 3.89. The summed E-state index contributed by atoms with van der Waals surface area (Å²) >= 11 is 0. The molecule has 1 aromatic heterocycles. The highest BCUT2D eigenvalue weighted by molar-refractivity contribution is 5.25. The fourth-order valence-electron chi connectivity index (χ4n) is 2.34. The number of H-pyrrole nitrogens is 1. The van der Waals surface area contributed by atoms with Crippen molar-refractivity contribution in [3.8, 4) is 0 Å². The molecule has 2 N–H and O–H groups in total. The highest BCUT2D eigenvalue weighted by Crippen LogP contribution is 2.26. The minimum atomic E-state index is 0.634. The van der Waals surface area contributed by atoms with Crippen LogP contribution in [-0.2, 0) is 12.8 Å². The molecule has 3 heteroatoms. The van der Waals surface area contributed by atoms with Crippen LogP contribution < -0.4 is 5.32 Å². The van der Waals surface area contributed by atoms with Crippen LogP contribution in [0.1, 0.15) is 11.3 Å². The van der Waals surface area contributed by atoms with E-state index in [1.807, 2.05) is 6.20 Å². The van der Waals surface area contributed by atoms with Gasteiger partial charge in [-0.3, -0.25) is 5.10 Å². The lowest BCUT2D eigenvalue weighted by molar-refractivity contribution is 0.379. The molecule has 2 heterocycles. The number of nitrogens with one attached hydrogen (secondary N) is 2. The number of hydrogen-bond donors (Lipinski definition) is 2. The van der Waals surface area contributed by atoms with Gasteiger partial charge in [0.1, 0.15) is 0 Å². The maximum absolute atomic E-state index is 4.08. The van der Waals surface area contributed by atoms with Crippen molar-refractivity contribution in [3.05, 3.63) is 29.6 Å². The number of aromatic nitrogens is 2. The molecular formula is C10H13N3. The Morgan fingerprint density at radius 2 is 2.38 bits per heavy atom. The number of aromatic amines is 1. The maximum atomic E-state index is 4.08. The van der Waals surface area contributed by atoms with E-state index in [9.17, 15) is 0 Å². The quantitative estimate of drug-likeness (QED) is 0.568. The van der Waals surface area contributed by atoms with E-state index in [1.54, 1.807) is 0 Å². The molecular weight excluding hydrogens is 162 g/mol. The lowest BCUT2D eigenvalue weighted by atomic mass is 9.82. The largest absolute Gasteiger partial charge is 0.310 e. The molecule has 0 bridgehead atoms. The van der Waals surface area contributed by atoms with Crippen LogP contribution in [0.4, 0.5) is 0 Å². The average molecular weight is 175 g/mol. The zero-order valence-electron chi connectivity index (χ0n) is 7.46. The third-order valence-electron chi connectivity index (χ3n) is 3.09. The molecule has 0 amide bonds. The molecule has 0 saturated heterocycles. The molecule has 0 saturated carbocycles. The first kappa shape index (κ1) is 7.33. The van der Waals surface area contributed by atoms with Crippen molar-refractivity contribution < 1.29 is 0 Å². The van der Waals surface area contributed by atoms with Gasteiger partial charge in [-0.05, 0) is 24.3 Å². The van der Waals surface area contributed by atoms with E-state index < -0.39 is 0 Å². The first-order chi connectivity index (χ1) is 6.43. The summed E-state index contributed by atoms with van der Waals surface area (Å²) in [5.74, 6) is 0.668. The van der Waals surface area contributed by atoms with E-state index in [-0.39, 0.29) is 0 Å². The molecule has 13 heavy (non-hydrogen) atoms. The van der Waals surface area contributed by atoms with Crippen LogP contribution in [0.15, 0.2) is 18.3 Å². The molecule has 1 aromatic rings.